The van der Waals surface area contributed by atoms with Crippen LogP contribution in [0.1, 0.15) is 32.6 Å². The fraction of sp³-hybridized carbons (Fsp3) is 0.636. The van der Waals surface area contributed by atoms with Gasteiger partial charge < -0.3 is 0 Å². The van der Waals surface area contributed by atoms with Gasteiger partial charge in [-0.3, -0.25) is 0 Å². The molecule has 0 aromatic carbocycles. The van der Waals surface area contributed by atoms with Crippen molar-refractivity contribution in [1.29, 1.82) is 0 Å². The van der Waals surface area contributed by atoms with E-state index in [1.807, 2.05) is 0 Å². The van der Waals surface area contributed by atoms with Crippen molar-refractivity contribution in [3.63, 3.8) is 0 Å². The summed E-state index contributed by atoms with van der Waals surface area (Å²) in [7, 11) is 1.34. The van der Waals surface area contributed by atoms with E-state index in [1.165, 1.54) is 47.5 Å². The first-order valence-corrected chi connectivity index (χ1v) is 6.56. The van der Waals surface area contributed by atoms with Gasteiger partial charge in [-0.05, 0) is 50.2 Å². The Morgan fingerprint density at radius 2 is 2.17 bits per heavy atom. The molecule has 0 spiro atoms. The topological polar surface area (TPSA) is 0 Å². The Balaban J connectivity index is 2.26. The highest BCUT2D eigenvalue weighted by molar-refractivity contribution is 6.09. The average Bonchev–Trinajstić information content (AvgIpc) is 2.40. The van der Waals surface area contributed by atoms with Crippen molar-refractivity contribution in [2.45, 2.75) is 38.7 Å². The summed E-state index contributed by atoms with van der Waals surface area (Å²) in [5, 5.41) is 0. The molecule has 1 unspecified atom stereocenters. The summed E-state index contributed by atoms with van der Waals surface area (Å²) < 4.78 is 0. The van der Waals surface area contributed by atoms with E-state index in [0.29, 0.717) is 0 Å². The zero-order chi connectivity index (χ0) is 8.55. The Morgan fingerprint density at radius 3 is 2.92 bits per heavy atom. The third kappa shape index (κ3) is 1.20. The van der Waals surface area contributed by atoms with Crippen LogP contribution in [0.2, 0.25) is 6.04 Å². The van der Waals surface area contributed by atoms with Gasteiger partial charge in [0.1, 0.15) is 0 Å². The minimum atomic E-state index is 0.826. The highest BCUT2D eigenvalue weighted by Gasteiger charge is 2.25. The van der Waals surface area contributed by atoms with Crippen molar-refractivity contribution >= 4 is 10.2 Å². The van der Waals surface area contributed by atoms with Gasteiger partial charge in [0.05, 0.1) is 0 Å². The van der Waals surface area contributed by atoms with E-state index in [4.69, 9.17) is 0 Å². The summed E-state index contributed by atoms with van der Waals surface area (Å²) in [4.78, 5) is 0. The van der Waals surface area contributed by atoms with E-state index in [0.717, 1.165) is 5.92 Å². The van der Waals surface area contributed by atoms with Crippen LogP contribution >= 0.6 is 0 Å². The van der Waals surface area contributed by atoms with E-state index >= 15 is 0 Å². The number of rotatable bonds is 1. The molecule has 0 aliphatic heterocycles. The van der Waals surface area contributed by atoms with Crippen molar-refractivity contribution < 1.29 is 0 Å². The molecule has 12 heavy (non-hydrogen) atoms. The van der Waals surface area contributed by atoms with Crippen molar-refractivity contribution in [2.24, 2.45) is 5.92 Å². The van der Waals surface area contributed by atoms with E-state index in [2.05, 4.69) is 13.0 Å². The number of hydrogen-bond donors (Lipinski definition) is 0. The molecule has 0 fully saturated rings. The lowest BCUT2D eigenvalue weighted by Crippen LogP contribution is -2.05. The molecule has 0 bridgehead atoms. The van der Waals surface area contributed by atoms with Crippen LogP contribution in [-0.4, -0.2) is 10.2 Å². The van der Waals surface area contributed by atoms with E-state index < -0.39 is 0 Å². The monoisotopic (exact) mass is 177 g/mol. The molecule has 0 N–H and O–H groups in total. The summed E-state index contributed by atoms with van der Waals surface area (Å²) in [6.07, 6.45) is 9.07. The number of hydrogen-bond acceptors (Lipinski definition) is 0. The Morgan fingerprint density at radius 1 is 1.42 bits per heavy atom. The molecule has 1 heteroatoms. The smallest absolute Gasteiger partial charge is 0.00396 e. The fourth-order valence-corrected chi connectivity index (χ4v) is 3.70. The van der Waals surface area contributed by atoms with Crippen LogP contribution in [-0.2, 0) is 0 Å². The molecule has 0 aromatic heterocycles. The highest BCUT2D eigenvalue weighted by Crippen LogP contribution is 2.40. The maximum Gasteiger partial charge on any atom is 0.00396 e. The van der Waals surface area contributed by atoms with Crippen molar-refractivity contribution in [3.05, 3.63) is 22.8 Å². The summed E-state index contributed by atoms with van der Waals surface area (Å²) >= 11 is 0. The molecule has 0 saturated carbocycles. The summed E-state index contributed by atoms with van der Waals surface area (Å²) in [6, 6.07) is 1.41. The highest BCUT2D eigenvalue weighted by atomic mass is 28.1. The Kier molecular flexibility index (Phi) is 2.22. The largest absolute Gasteiger partial charge is 0.0595 e. The van der Waals surface area contributed by atoms with Gasteiger partial charge in [-0.25, -0.2) is 0 Å². The molecule has 2 aliphatic rings. The van der Waals surface area contributed by atoms with Gasteiger partial charge in [0.25, 0.3) is 0 Å². The van der Waals surface area contributed by atoms with E-state index in [-0.39, 0.29) is 0 Å². The predicted octanol–water partition coefficient (Wildman–Crippen LogP) is 2.02. The van der Waals surface area contributed by atoms with Crippen LogP contribution in [0, 0.1) is 12.0 Å². The lowest BCUT2D eigenvalue weighted by atomic mass is 9.88. The normalized spacial score (nSPS) is 29.1. The molecular weight excluding hydrogens is 160 g/mol. The molecular formula is C11H17Si. The predicted molar refractivity (Wildman–Crippen MR) is 56.2 cm³/mol. The van der Waals surface area contributed by atoms with E-state index in [9.17, 15) is 0 Å². The van der Waals surface area contributed by atoms with Crippen LogP contribution in [0.3, 0.4) is 0 Å². The van der Waals surface area contributed by atoms with Crippen LogP contribution in [0.5, 0.6) is 0 Å². The second-order valence-electron chi connectivity index (χ2n) is 3.98. The second kappa shape index (κ2) is 3.21. The first kappa shape index (κ1) is 8.30. The molecule has 0 aromatic rings. The second-order valence-corrected chi connectivity index (χ2v) is 4.80. The minimum Gasteiger partial charge on any atom is -0.0595 e. The van der Waals surface area contributed by atoms with Crippen LogP contribution < -0.4 is 0 Å². The lowest BCUT2D eigenvalue weighted by Gasteiger charge is -2.19. The Bertz CT molecular complexity index is 248. The molecule has 65 valence electrons. The van der Waals surface area contributed by atoms with Crippen molar-refractivity contribution in [2.75, 3.05) is 0 Å². The number of allylic oxidation sites excluding steroid dienone is 4. The Labute approximate surface area is 78.2 Å². The Hall–Kier alpha value is -0.303. The van der Waals surface area contributed by atoms with Crippen molar-refractivity contribution in [3.8, 4) is 0 Å². The zero-order valence-electron chi connectivity index (χ0n) is 8.11. The van der Waals surface area contributed by atoms with Gasteiger partial charge in [-0.2, -0.15) is 0 Å². The summed E-state index contributed by atoms with van der Waals surface area (Å²) in [6.45, 7) is 2.26. The lowest BCUT2D eigenvalue weighted by molar-refractivity contribution is 0.636. The maximum absolute atomic E-state index is 3.58. The van der Waals surface area contributed by atoms with Gasteiger partial charge in [0, 0.05) is 10.2 Å². The van der Waals surface area contributed by atoms with Crippen LogP contribution in [0.4, 0.5) is 0 Å². The molecule has 0 amide bonds. The zero-order valence-corrected chi connectivity index (χ0v) is 10.1. The third-order valence-corrected chi connectivity index (χ3v) is 4.03. The van der Waals surface area contributed by atoms with Crippen LogP contribution in [0.15, 0.2) is 16.7 Å². The van der Waals surface area contributed by atoms with E-state index in [1.54, 1.807) is 11.1 Å². The molecule has 0 heterocycles. The molecule has 0 nitrogen and oxygen atoms in total. The SMILES string of the molecule is CC1=[C]C2=C(CCCC2)C1C[SiH3]. The average molecular weight is 177 g/mol. The minimum absolute atomic E-state index is 0.826. The molecule has 1 atom stereocenters. The summed E-state index contributed by atoms with van der Waals surface area (Å²) in [5.41, 5.74) is 4.87. The first-order chi connectivity index (χ1) is 5.83. The fourth-order valence-electron chi connectivity index (χ4n) is 2.60. The van der Waals surface area contributed by atoms with Gasteiger partial charge in [0.2, 0.25) is 0 Å². The maximum atomic E-state index is 3.58. The van der Waals surface area contributed by atoms with Crippen LogP contribution in [0.25, 0.3) is 0 Å². The van der Waals surface area contributed by atoms with Crippen molar-refractivity contribution in [1.82, 2.24) is 0 Å². The van der Waals surface area contributed by atoms with Gasteiger partial charge in [-0.1, -0.05) is 17.2 Å². The van der Waals surface area contributed by atoms with Gasteiger partial charge in [-0.15, -0.1) is 0 Å². The van der Waals surface area contributed by atoms with Gasteiger partial charge in [0.15, 0.2) is 0 Å². The molecule has 0 saturated heterocycles. The molecule has 1 radical (unpaired) electrons. The summed E-state index contributed by atoms with van der Waals surface area (Å²) in [5.74, 6) is 0.826. The quantitative estimate of drug-likeness (QED) is 0.538. The van der Waals surface area contributed by atoms with Gasteiger partial charge >= 0.3 is 0 Å². The molecule has 2 aliphatic carbocycles. The standard InChI is InChI=1S/C11H17Si/c1-8-6-9-4-2-3-5-10(9)11(8)7-12/h11H,2-5,7H2,1,12H3. The molecule has 2 rings (SSSR count). The third-order valence-electron chi connectivity index (χ3n) is 3.21. The first-order valence-electron chi connectivity index (χ1n) is 5.15.